The van der Waals surface area contributed by atoms with Crippen molar-refractivity contribution >= 4 is 16.7 Å². The van der Waals surface area contributed by atoms with Crippen molar-refractivity contribution in [2.75, 3.05) is 12.4 Å². The Balaban J connectivity index is 1.86. The number of phenols is 2. The molecule has 146 valence electrons. The van der Waals surface area contributed by atoms with Crippen molar-refractivity contribution in [2.24, 2.45) is 0 Å². The van der Waals surface area contributed by atoms with Gasteiger partial charge in [-0.15, -0.1) is 0 Å². The van der Waals surface area contributed by atoms with Crippen LogP contribution in [-0.4, -0.2) is 27.3 Å². The first-order chi connectivity index (χ1) is 14.1. The summed E-state index contributed by atoms with van der Waals surface area (Å²) in [5.41, 5.74) is 2.77. The Kier molecular flexibility index (Phi) is 4.91. The van der Waals surface area contributed by atoms with E-state index in [1.54, 1.807) is 18.3 Å². The van der Waals surface area contributed by atoms with Gasteiger partial charge in [0, 0.05) is 22.8 Å². The van der Waals surface area contributed by atoms with Gasteiger partial charge in [-0.1, -0.05) is 30.3 Å². The molecule has 29 heavy (non-hydrogen) atoms. The molecule has 0 amide bonds. The van der Waals surface area contributed by atoms with Crippen LogP contribution in [0.3, 0.4) is 0 Å². The van der Waals surface area contributed by atoms with E-state index < -0.39 is 6.04 Å². The first kappa shape index (κ1) is 18.6. The molecule has 4 rings (SSSR count). The fraction of sp³-hybridized carbons (Fsp3) is 0.130. The SMILES string of the molecule is COc1ccc(C(Nc2cccc(C)n2)c2ccc3cccnc3c2O)cc1O. The van der Waals surface area contributed by atoms with Gasteiger partial charge in [0.2, 0.25) is 0 Å². The van der Waals surface area contributed by atoms with Gasteiger partial charge in [0.15, 0.2) is 11.5 Å². The van der Waals surface area contributed by atoms with Gasteiger partial charge in [-0.2, -0.15) is 0 Å². The summed E-state index contributed by atoms with van der Waals surface area (Å²) in [7, 11) is 1.50. The van der Waals surface area contributed by atoms with Gasteiger partial charge in [-0.25, -0.2) is 4.98 Å². The summed E-state index contributed by atoms with van der Waals surface area (Å²) in [6, 6.07) is 17.9. The van der Waals surface area contributed by atoms with Crippen LogP contribution in [0.5, 0.6) is 17.2 Å². The highest BCUT2D eigenvalue weighted by Crippen LogP contribution is 2.38. The largest absolute Gasteiger partial charge is 0.505 e. The van der Waals surface area contributed by atoms with Crippen LogP contribution < -0.4 is 10.1 Å². The normalized spacial score (nSPS) is 11.9. The number of pyridine rings is 2. The predicted molar refractivity (Wildman–Crippen MR) is 113 cm³/mol. The highest BCUT2D eigenvalue weighted by Gasteiger charge is 2.21. The number of aryl methyl sites for hydroxylation is 1. The van der Waals surface area contributed by atoms with Crippen LogP contribution in [0.25, 0.3) is 10.9 Å². The van der Waals surface area contributed by atoms with E-state index in [4.69, 9.17) is 4.74 Å². The molecule has 1 unspecified atom stereocenters. The van der Waals surface area contributed by atoms with E-state index in [1.165, 1.54) is 7.11 Å². The summed E-state index contributed by atoms with van der Waals surface area (Å²) >= 11 is 0. The lowest BCUT2D eigenvalue weighted by molar-refractivity contribution is 0.373. The zero-order chi connectivity index (χ0) is 20.4. The van der Waals surface area contributed by atoms with Gasteiger partial charge in [0.05, 0.1) is 13.2 Å². The Morgan fingerprint density at radius 1 is 1.00 bits per heavy atom. The number of benzene rings is 2. The Morgan fingerprint density at radius 2 is 1.86 bits per heavy atom. The third-order valence-electron chi connectivity index (χ3n) is 4.81. The number of nitrogens with zero attached hydrogens (tertiary/aromatic N) is 2. The summed E-state index contributed by atoms with van der Waals surface area (Å²) < 4.78 is 5.16. The third-order valence-corrected chi connectivity index (χ3v) is 4.81. The fourth-order valence-electron chi connectivity index (χ4n) is 3.38. The minimum atomic E-state index is -0.465. The van der Waals surface area contributed by atoms with Crippen molar-refractivity contribution in [1.82, 2.24) is 9.97 Å². The molecular formula is C23H21N3O3. The van der Waals surface area contributed by atoms with Crippen LogP contribution in [0.15, 0.2) is 66.9 Å². The topological polar surface area (TPSA) is 87.5 Å². The van der Waals surface area contributed by atoms with Crippen molar-refractivity contribution in [1.29, 1.82) is 0 Å². The second-order valence-electron chi connectivity index (χ2n) is 6.75. The Morgan fingerprint density at radius 3 is 2.62 bits per heavy atom. The summed E-state index contributed by atoms with van der Waals surface area (Å²) in [6.45, 7) is 1.91. The van der Waals surface area contributed by atoms with E-state index in [9.17, 15) is 10.2 Å². The molecule has 0 spiro atoms. The Hall–Kier alpha value is -3.80. The minimum Gasteiger partial charge on any atom is -0.505 e. The molecule has 6 heteroatoms. The number of methoxy groups -OCH3 is 1. The summed E-state index contributed by atoms with van der Waals surface area (Å²) in [5.74, 6) is 1.15. The highest BCUT2D eigenvalue weighted by atomic mass is 16.5. The maximum atomic E-state index is 11.0. The van der Waals surface area contributed by atoms with Crippen molar-refractivity contribution in [3.63, 3.8) is 0 Å². The van der Waals surface area contributed by atoms with E-state index in [-0.39, 0.29) is 11.5 Å². The van der Waals surface area contributed by atoms with Crippen LogP contribution in [0.2, 0.25) is 0 Å². The van der Waals surface area contributed by atoms with Gasteiger partial charge in [-0.3, -0.25) is 4.98 Å². The zero-order valence-electron chi connectivity index (χ0n) is 16.1. The molecule has 0 saturated carbocycles. The molecule has 0 radical (unpaired) electrons. The van der Waals surface area contributed by atoms with Crippen molar-refractivity contribution in [3.05, 3.63) is 83.7 Å². The highest BCUT2D eigenvalue weighted by molar-refractivity contribution is 5.86. The molecule has 0 aliphatic rings. The number of hydrogen-bond acceptors (Lipinski definition) is 6. The summed E-state index contributed by atoms with van der Waals surface area (Å²) in [6.07, 6.45) is 1.65. The number of aromatic hydroxyl groups is 2. The molecule has 2 heterocycles. The number of aromatic nitrogens is 2. The number of rotatable bonds is 5. The van der Waals surface area contributed by atoms with Crippen LogP contribution in [0.1, 0.15) is 22.9 Å². The smallest absolute Gasteiger partial charge is 0.160 e. The summed E-state index contributed by atoms with van der Waals surface area (Å²) in [4.78, 5) is 8.84. The molecule has 0 fully saturated rings. The van der Waals surface area contributed by atoms with Crippen LogP contribution in [0, 0.1) is 6.92 Å². The second kappa shape index (κ2) is 7.67. The molecule has 0 bridgehead atoms. The van der Waals surface area contributed by atoms with Crippen LogP contribution in [0.4, 0.5) is 5.82 Å². The first-order valence-electron chi connectivity index (χ1n) is 9.20. The maximum absolute atomic E-state index is 11.0. The number of fused-ring (bicyclic) bond motifs is 1. The van der Waals surface area contributed by atoms with E-state index >= 15 is 0 Å². The van der Waals surface area contributed by atoms with Gasteiger partial charge >= 0.3 is 0 Å². The average molecular weight is 387 g/mol. The molecule has 0 aliphatic heterocycles. The predicted octanol–water partition coefficient (Wildman–Crippen LogP) is 4.56. The van der Waals surface area contributed by atoms with Crippen molar-refractivity contribution < 1.29 is 14.9 Å². The third kappa shape index (κ3) is 3.65. The molecule has 0 saturated heterocycles. The maximum Gasteiger partial charge on any atom is 0.160 e. The van der Waals surface area contributed by atoms with E-state index in [0.717, 1.165) is 16.6 Å². The lowest BCUT2D eigenvalue weighted by atomic mass is 9.96. The molecule has 2 aromatic carbocycles. The molecule has 6 nitrogen and oxygen atoms in total. The summed E-state index contributed by atoms with van der Waals surface area (Å²) in [5, 5.41) is 25.5. The molecule has 3 N–H and O–H groups in total. The number of phenolic OH excluding ortho intramolecular Hbond substituents is 2. The average Bonchev–Trinajstić information content (AvgIpc) is 2.73. The van der Waals surface area contributed by atoms with Gasteiger partial charge < -0.3 is 20.3 Å². The van der Waals surface area contributed by atoms with Crippen molar-refractivity contribution in [3.8, 4) is 17.2 Å². The Labute approximate surface area is 168 Å². The molecule has 2 aromatic heterocycles. The van der Waals surface area contributed by atoms with Crippen LogP contribution in [-0.2, 0) is 0 Å². The first-order valence-corrected chi connectivity index (χ1v) is 9.20. The fourth-order valence-corrected chi connectivity index (χ4v) is 3.38. The molecular weight excluding hydrogens is 366 g/mol. The number of hydrogen-bond donors (Lipinski definition) is 3. The van der Waals surface area contributed by atoms with E-state index in [2.05, 4.69) is 15.3 Å². The van der Waals surface area contributed by atoms with Crippen molar-refractivity contribution in [2.45, 2.75) is 13.0 Å². The molecule has 1 atom stereocenters. The molecule has 4 aromatic rings. The number of ether oxygens (including phenoxy) is 1. The molecule has 0 aliphatic carbocycles. The van der Waals surface area contributed by atoms with Crippen LogP contribution >= 0.6 is 0 Å². The second-order valence-corrected chi connectivity index (χ2v) is 6.75. The lowest BCUT2D eigenvalue weighted by Gasteiger charge is -2.22. The minimum absolute atomic E-state index is 0.0207. The lowest BCUT2D eigenvalue weighted by Crippen LogP contribution is -2.14. The monoisotopic (exact) mass is 387 g/mol. The Bertz CT molecular complexity index is 1180. The van der Waals surface area contributed by atoms with E-state index in [0.29, 0.717) is 22.6 Å². The zero-order valence-corrected chi connectivity index (χ0v) is 16.1. The number of anilines is 1. The van der Waals surface area contributed by atoms with E-state index in [1.807, 2.05) is 55.5 Å². The number of nitrogens with one attached hydrogen (secondary N) is 1. The van der Waals surface area contributed by atoms with Gasteiger partial charge in [0.1, 0.15) is 17.1 Å². The standard InChI is InChI=1S/C23H21N3O3/c1-14-5-3-7-20(25-14)26-21(16-9-11-19(29-2)18(27)13-16)17-10-8-15-6-4-12-24-22(15)23(17)28/h3-13,21,27-28H,1-2H3,(H,25,26). The quantitative estimate of drug-likeness (QED) is 0.465. The van der Waals surface area contributed by atoms with Gasteiger partial charge in [0.25, 0.3) is 0 Å². The van der Waals surface area contributed by atoms with Gasteiger partial charge in [-0.05, 0) is 42.8 Å².